The van der Waals surface area contributed by atoms with E-state index in [1.54, 1.807) is 23.1 Å². The largest absolute Gasteiger partial charge is 0.478 e. The van der Waals surface area contributed by atoms with Gasteiger partial charge in [0, 0.05) is 19.5 Å². The second-order valence-corrected chi connectivity index (χ2v) is 8.25. The van der Waals surface area contributed by atoms with E-state index >= 15 is 0 Å². The van der Waals surface area contributed by atoms with Crippen molar-refractivity contribution in [3.63, 3.8) is 0 Å². The highest BCUT2D eigenvalue weighted by Gasteiger charge is 2.33. The van der Waals surface area contributed by atoms with Crippen LogP contribution in [-0.4, -0.2) is 32.9 Å². The maximum Gasteiger partial charge on any atom is 0.268 e. The number of nitrogens with two attached hydrogens (primary N) is 1. The van der Waals surface area contributed by atoms with Crippen molar-refractivity contribution in [2.24, 2.45) is 5.14 Å². The monoisotopic (exact) mass is 417 g/mol. The molecule has 1 aliphatic heterocycles. The van der Waals surface area contributed by atoms with Crippen molar-refractivity contribution in [1.82, 2.24) is 5.32 Å². The number of anilines is 1. The highest BCUT2D eigenvalue weighted by atomic mass is 32.2. The summed E-state index contributed by atoms with van der Waals surface area (Å²) in [5.41, 5.74) is 1.40. The number of benzene rings is 2. The molecule has 0 radical (unpaired) electrons. The van der Waals surface area contributed by atoms with E-state index in [1.165, 1.54) is 12.1 Å². The Kier molecular flexibility index (Phi) is 6.19. The van der Waals surface area contributed by atoms with Crippen LogP contribution in [0.5, 0.6) is 5.75 Å². The number of ether oxygens (including phenoxy) is 1. The predicted octanol–water partition coefficient (Wildman–Crippen LogP) is 1.54. The summed E-state index contributed by atoms with van der Waals surface area (Å²) in [6.45, 7) is 2.36. The zero-order chi connectivity index (χ0) is 21.0. The lowest BCUT2D eigenvalue weighted by atomic mass is 10.1. The highest BCUT2D eigenvalue weighted by molar-refractivity contribution is 7.89. The van der Waals surface area contributed by atoms with Crippen molar-refractivity contribution < 1.29 is 22.7 Å². The summed E-state index contributed by atoms with van der Waals surface area (Å²) in [7, 11) is -3.74. The number of amides is 2. The summed E-state index contributed by atoms with van der Waals surface area (Å²) < 4.78 is 28.3. The van der Waals surface area contributed by atoms with E-state index in [9.17, 15) is 18.0 Å². The smallest absolute Gasteiger partial charge is 0.268 e. The Bertz CT molecular complexity index is 1010. The molecule has 0 bridgehead atoms. The SMILES string of the molecule is CCC1Oc2ccccc2N(CCC(=O)NCc2ccc(S(N)(=O)=O)cc2)C1=O. The first kappa shape index (κ1) is 20.8. The van der Waals surface area contributed by atoms with Crippen LogP contribution in [0.15, 0.2) is 53.4 Å². The Morgan fingerprint density at radius 2 is 1.86 bits per heavy atom. The predicted molar refractivity (Wildman–Crippen MR) is 108 cm³/mol. The third kappa shape index (κ3) is 4.93. The van der Waals surface area contributed by atoms with Crippen LogP contribution in [0.1, 0.15) is 25.3 Å². The summed E-state index contributed by atoms with van der Waals surface area (Å²) in [6.07, 6.45) is 0.126. The number of hydrogen-bond donors (Lipinski definition) is 2. The van der Waals surface area contributed by atoms with Gasteiger partial charge in [0.25, 0.3) is 5.91 Å². The van der Waals surface area contributed by atoms with Crippen molar-refractivity contribution in [3.8, 4) is 5.75 Å². The van der Waals surface area contributed by atoms with Gasteiger partial charge in [0.05, 0.1) is 10.6 Å². The fraction of sp³-hybridized carbons (Fsp3) is 0.300. The second kappa shape index (κ2) is 8.62. The van der Waals surface area contributed by atoms with E-state index in [0.29, 0.717) is 17.9 Å². The number of rotatable bonds is 7. The lowest BCUT2D eigenvalue weighted by molar-refractivity contribution is -0.126. The summed E-state index contributed by atoms with van der Waals surface area (Å²) >= 11 is 0. The fourth-order valence-electron chi connectivity index (χ4n) is 3.06. The molecule has 29 heavy (non-hydrogen) atoms. The van der Waals surface area contributed by atoms with Gasteiger partial charge in [0.1, 0.15) is 5.75 Å². The third-order valence-corrected chi connectivity index (χ3v) is 5.57. The van der Waals surface area contributed by atoms with Gasteiger partial charge in [-0.3, -0.25) is 9.59 Å². The van der Waals surface area contributed by atoms with E-state index in [4.69, 9.17) is 9.88 Å². The number of para-hydroxylation sites is 2. The van der Waals surface area contributed by atoms with E-state index in [1.807, 2.05) is 25.1 Å². The topological polar surface area (TPSA) is 119 Å². The number of fused-ring (bicyclic) bond motifs is 1. The average Bonchev–Trinajstić information content (AvgIpc) is 2.70. The molecule has 9 heteroatoms. The Labute approximate surface area is 169 Å². The molecule has 0 aliphatic carbocycles. The number of hydrogen-bond acceptors (Lipinski definition) is 5. The van der Waals surface area contributed by atoms with Crippen molar-refractivity contribution in [2.75, 3.05) is 11.4 Å². The number of nitrogens with one attached hydrogen (secondary N) is 1. The van der Waals surface area contributed by atoms with E-state index < -0.39 is 16.1 Å². The minimum Gasteiger partial charge on any atom is -0.478 e. The van der Waals surface area contributed by atoms with Crippen LogP contribution in [-0.2, 0) is 26.2 Å². The van der Waals surface area contributed by atoms with Gasteiger partial charge in [-0.25, -0.2) is 13.6 Å². The molecule has 1 heterocycles. The minimum absolute atomic E-state index is 0.0163. The lowest BCUT2D eigenvalue weighted by Crippen LogP contribution is -2.46. The maximum absolute atomic E-state index is 12.6. The maximum atomic E-state index is 12.6. The van der Waals surface area contributed by atoms with Crippen molar-refractivity contribution in [1.29, 1.82) is 0 Å². The Morgan fingerprint density at radius 3 is 2.52 bits per heavy atom. The molecule has 0 spiro atoms. The van der Waals surface area contributed by atoms with Gasteiger partial charge in [-0.1, -0.05) is 31.2 Å². The molecule has 3 rings (SSSR count). The molecule has 2 aromatic rings. The van der Waals surface area contributed by atoms with Gasteiger partial charge in [0.2, 0.25) is 15.9 Å². The molecule has 2 aromatic carbocycles. The molecule has 0 saturated heterocycles. The number of nitrogens with zero attached hydrogens (tertiary/aromatic N) is 1. The van der Waals surface area contributed by atoms with Crippen LogP contribution in [0.25, 0.3) is 0 Å². The molecule has 154 valence electrons. The molecule has 0 saturated carbocycles. The second-order valence-electron chi connectivity index (χ2n) is 6.69. The molecule has 1 unspecified atom stereocenters. The normalized spacial score (nSPS) is 16.1. The molecular formula is C20H23N3O5S. The third-order valence-electron chi connectivity index (χ3n) is 4.64. The van der Waals surface area contributed by atoms with Crippen LogP contribution in [0, 0.1) is 0 Å². The number of primary sulfonamides is 1. The van der Waals surface area contributed by atoms with Gasteiger partial charge in [-0.05, 0) is 36.2 Å². The van der Waals surface area contributed by atoms with Crippen LogP contribution in [0.3, 0.4) is 0 Å². The molecule has 2 amide bonds. The first-order chi connectivity index (χ1) is 13.8. The fourth-order valence-corrected chi connectivity index (χ4v) is 3.58. The van der Waals surface area contributed by atoms with Crippen molar-refractivity contribution >= 4 is 27.5 Å². The van der Waals surface area contributed by atoms with Crippen LogP contribution in [0.2, 0.25) is 0 Å². The number of carbonyl (C=O) groups excluding carboxylic acids is 2. The van der Waals surface area contributed by atoms with Crippen molar-refractivity contribution in [2.45, 2.75) is 37.3 Å². The minimum atomic E-state index is -3.74. The van der Waals surface area contributed by atoms with Crippen LogP contribution >= 0.6 is 0 Å². The summed E-state index contributed by atoms with van der Waals surface area (Å²) in [5, 5.41) is 7.84. The summed E-state index contributed by atoms with van der Waals surface area (Å²) in [4.78, 5) is 26.5. The summed E-state index contributed by atoms with van der Waals surface area (Å²) in [5.74, 6) is 0.261. The van der Waals surface area contributed by atoms with Gasteiger partial charge >= 0.3 is 0 Å². The molecular weight excluding hydrogens is 394 g/mol. The zero-order valence-electron chi connectivity index (χ0n) is 16.0. The molecule has 8 nitrogen and oxygen atoms in total. The molecule has 1 atom stereocenters. The summed E-state index contributed by atoms with van der Waals surface area (Å²) in [6, 6.07) is 13.2. The Hall–Kier alpha value is -2.91. The molecule has 0 fully saturated rings. The van der Waals surface area contributed by atoms with Crippen LogP contribution < -0.4 is 20.1 Å². The van der Waals surface area contributed by atoms with E-state index in [-0.39, 0.29) is 36.2 Å². The highest BCUT2D eigenvalue weighted by Crippen LogP contribution is 2.34. The van der Waals surface area contributed by atoms with Gasteiger partial charge < -0.3 is 15.0 Å². The van der Waals surface area contributed by atoms with Gasteiger partial charge in [-0.2, -0.15) is 0 Å². The quantitative estimate of drug-likeness (QED) is 0.708. The van der Waals surface area contributed by atoms with Crippen LogP contribution in [0.4, 0.5) is 5.69 Å². The average molecular weight is 417 g/mol. The number of sulfonamides is 1. The van der Waals surface area contributed by atoms with E-state index in [2.05, 4.69) is 5.32 Å². The van der Waals surface area contributed by atoms with Gasteiger partial charge in [0.15, 0.2) is 6.10 Å². The Morgan fingerprint density at radius 1 is 1.17 bits per heavy atom. The zero-order valence-corrected chi connectivity index (χ0v) is 16.8. The lowest BCUT2D eigenvalue weighted by Gasteiger charge is -2.33. The first-order valence-corrected chi connectivity index (χ1v) is 10.8. The Balaban J connectivity index is 1.58. The van der Waals surface area contributed by atoms with Gasteiger partial charge in [-0.15, -0.1) is 0 Å². The molecule has 0 aromatic heterocycles. The van der Waals surface area contributed by atoms with Crippen molar-refractivity contribution in [3.05, 3.63) is 54.1 Å². The number of carbonyl (C=O) groups is 2. The molecule has 3 N–H and O–H groups in total. The first-order valence-electron chi connectivity index (χ1n) is 9.25. The standard InChI is InChI=1S/C20H23N3O5S/c1-2-17-20(25)23(16-5-3-4-6-18(16)28-17)12-11-19(24)22-13-14-7-9-15(10-8-14)29(21,26)27/h3-10,17H,2,11-13H2,1H3,(H,22,24)(H2,21,26,27). The van der Waals surface area contributed by atoms with E-state index in [0.717, 1.165) is 5.56 Å². The molecule has 1 aliphatic rings.